The van der Waals surface area contributed by atoms with Crippen LogP contribution in [0, 0.1) is 0 Å². The minimum Gasteiger partial charge on any atom is -0.295 e. The lowest BCUT2D eigenvalue weighted by atomic mass is 10.1. The lowest BCUT2D eigenvalue weighted by Gasteiger charge is -2.19. The highest BCUT2D eigenvalue weighted by molar-refractivity contribution is 8.09. The molecule has 1 aromatic carbocycles. The van der Waals surface area contributed by atoms with Crippen molar-refractivity contribution in [2.24, 2.45) is 0 Å². The van der Waals surface area contributed by atoms with Crippen LogP contribution in [0.4, 0.5) is 5.69 Å². The number of ketones is 1. The molecule has 0 spiro atoms. The Kier molecular flexibility index (Phi) is 3.82. The largest absolute Gasteiger partial charge is 0.295 e. The average Bonchev–Trinajstić information content (AvgIpc) is 2.13. The van der Waals surface area contributed by atoms with Crippen molar-refractivity contribution in [2.45, 2.75) is 6.92 Å². The Labute approximate surface area is 106 Å². The predicted molar refractivity (Wildman–Crippen MR) is 68.6 cm³/mol. The van der Waals surface area contributed by atoms with Crippen molar-refractivity contribution in [1.29, 1.82) is 0 Å². The van der Waals surface area contributed by atoms with Gasteiger partial charge in [-0.05, 0) is 19.1 Å². The van der Waals surface area contributed by atoms with Crippen molar-refractivity contribution < 1.29 is 21.6 Å². The molecule has 0 heterocycles. The van der Waals surface area contributed by atoms with E-state index in [1.165, 1.54) is 31.2 Å². The highest BCUT2D eigenvalue weighted by Gasteiger charge is 2.27. The SMILES string of the molecule is CC(=O)c1cccc(N(S(C)(=O)=O)S(C)(=O)=O)c1. The molecule has 0 bridgehead atoms. The van der Waals surface area contributed by atoms with Crippen LogP contribution in [0.1, 0.15) is 17.3 Å². The third kappa shape index (κ3) is 3.30. The van der Waals surface area contributed by atoms with Gasteiger partial charge in [0.2, 0.25) is 20.0 Å². The van der Waals surface area contributed by atoms with Gasteiger partial charge in [0, 0.05) is 5.56 Å². The summed E-state index contributed by atoms with van der Waals surface area (Å²) in [5.74, 6) is -0.279. The molecular formula is C10H13NO5S2. The summed E-state index contributed by atoms with van der Waals surface area (Å²) in [4.78, 5) is 11.2. The van der Waals surface area contributed by atoms with Crippen molar-refractivity contribution in [3.8, 4) is 0 Å². The van der Waals surface area contributed by atoms with Gasteiger partial charge in [-0.25, -0.2) is 16.8 Å². The Morgan fingerprint density at radius 1 is 1.06 bits per heavy atom. The number of carbonyl (C=O) groups excluding carboxylic acids is 1. The number of hydrogen-bond donors (Lipinski definition) is 0. The zero-order chi connectivity index (χ0) is 14.1. The molecule has 8 heteroatoms. The molecule has 0 unspecified atom stereocenters. The summed E-state index contributed by atoms with van der Waals surface area (Å²) in [6.45, 7) is 1.31. The van der Waals surface area contributed by atoms with Crippen molar-refractivity contribution >= 4 is 31.5 Å². The topological polar surface area (TPSA) is 88.6 Å². The van der Waals surface area contributed by atoms with E-state index in [1.807, 2.05) is 0 Å². The first-order valence-corrected chi connectivity index (χ1v) is 8.54. The maximum Gasteiger partial charge on any atom is 0.245 e. The Bertz CT molecular complexity index is 644. The van der Waals surface area contributed by atoms with Gasteiger partial charge in [-0.15, -0.1) is 0 Å². The number of rotatable bonds is 4. The Morgan fingerprint density at radius 2 is 1.56 bits per heavy atom. The first kappa shape index (κ1) is 14.7. The van der Waals surface area contributed by atoms with Gasteiger partial charge < -0.3 is 0 Å². The number of hydrogen-bond acceptors (Lipinski definition) is 5. The van der Waals surface area contributed by atoms with Gasteiger partial charge in [0.05, 0.1) is 18.2 Å². The van der Waals surface area contributed by atoms with Gasteiger partial charge in [-0.3, -0.25) is 4.79 Å². The Hall–Kier alpha value is -1.41. The van der Waals surface area contributed by atoms with E-state index >= 15 is 0 Å². The summed E-state index contributed by atoms with van der Waals surface area (Å²) in [5.41, 5.74) is 0.164. The molecule has 0 N–H and O–H groups in total. The second kappa shape index (κ2) is 4.69. The minimum absolute atomic E-state index is 0.0762. The van der Waals surface area contributed by atoms with Gasteiger partial charge in [-0.2, -0.15) is 3.71 Å². The third-order valence-corrected chi connectivity index (χ3v) is 5.32. The molecule has 0 aromatic heterocycles. The van der Waals surface area contributed by atoms with Crippen molar-refractivity contribution in [2.75, 3.05) is 16.2 Å². The molecule has 6 nitrogen and oxygen atoms in total. The number of nitrogens with zero attached hydrogens (tertiary/aromatic N) is 1. The predicted octanol–water partition coefficient (Wildman–Crippen LogP) is 0.615. The lowest BCUT2D eigenvalue weighted by Crippen LogP contribution is -2.35. The van der Waals surface area contributed by atoms with Gasteiger partial charge in [0.1, 0.15) is 0 Å². The molecule has 0 saturated carbocycles. The van der Waals surface area contributed by atoms with Crippen LogP contribution >= 0.6 is 0 Å². The molecule has 0 aliphatic rings. The second-order valence-corrected chi connectivity index (χ2v) is 7.72. The molecule has 0 amide bonds. The van der Waals surface area contributed by atoms with E-state index in [0.29, 0.717) is 3.71 Å². The lowest BCUT2D eigenvalue weighted by molar-refractivity contribution is 0.101. The first-order valence-electron chi connectivity index (χ1n) is 4.85. The number of anilines is 1. The number of carbonyl (C=O) groups is 1. The van der Waals surface area contributed by atoms with E-state index in [0.717, 1.165) is 12.5 Å². The number of sulfonamides is 2. The summed E-state index contributed by atoms with van der Waals surface area (Å²) < 4.78 is 46.4. The quantitative estimate of drug-likeness (QED) is 0.758. The van der Waals surface area contributed by atoms with E-state index in [-0.39, 0.29) is 17.0 Å². The molecule has 0 fully saturated rings. The maximum atomic E-state index is 11.5. The smallest absolute Gasteiger partial charge is 0.245 e. The molecule has 0 aliphatic heterocycles. The van der Waals surface area contributed by atoms with Crippen LogP contribution in [0.5, 0.6) is 0 Å². The van der Waals surface area contributed by atoms with Crippen molar-refractivity contribution in [3.63, 3.8) is 0 Å². The fraction of sp³-hybridized carbons (Fsp3) is 0.300. The monoisotopic (exact) mass is 291 g/mol. The van der Waals surface area contributed by atoms with E-state index in [4.69, 9.17) is 0 Å². The van der Waals surface area contributed by atoms with E-state index in [9.17, 15) is 21.6 Å². The fourth-order valence-electron chi connectivity index (χ4n) is 1.47. The summed E-state index contributed by atoms with van der Waals surface area (Å²) >= 11 is 0. The highest BCUT2D eigenvalue weighted by Crippen LogP contribution is 2.22. The van der Waals surface area contributed by atoms with Gasteiger partial charge in [0.15, 0.2) is 5.78 Å². The van der Waals surface area contributed by atoms with Crippen molar-refractivity contribution in [1.82, 2.24) is 0 Å². The standard InChI is InChI=1S/C10H13NO5S2/c1-8(12)9-5-4-6-10(7-9)11(17(2,13)14)18(3,15)16/h4-7H,1-3H3. The summed E-state index contributed by atoms with van der Waals surface area (Å²) in [7, 11) is -7.97. The molecule has 0 radical (unpaired) electrons. The van der Waals surface area contributed by atoms with E-state index < -0.39 is 20.0 Å². The average molecular weight is 291 g/mol. The number of benzene rings is 1. The molecule has 18 heavy (non-hydrogen) atoms. The van der Waals surface area contributed by atoms with Crippen molar-refractivity contribution in [3.05, 3.63) is 29.8 Å². The van der Waals surface area contributed by atoms with E-state index in [1.54, 1.807) is 0 Å². The van der Waals surface area contributed by atoms with Crippen LogP contribution in [-0.2, 0) is 20.0 Å². The Morgan fingerprint density at radius 3 is 1.94 bits per heavy atom. The van der Waals surface area contributed by atoms with Crippen LogP contribution in [-0.4, -0.2) is 35.1 Å². The van der Waals surface area contributed by atoms with Gasteiger partial charge in [0.25, 0.3) is 0 Å². The molecule has 0 saturated heterocycles. The van der Waals surface area contributed by atoms with E-state index in [2.05, 4.69) is 0 Å². The van der Waals surface area contributed by atoms with Crippen LogP contribution in [0.2, 0.25) is 0 Å². The molecular weight excluding hydrogens is 278 g/mol. The Balaban J connectivity index is 3.51. The summed E-state index contributed by atoms with van der Waals surface area (Å²) in [6, 6.07) is 5.45. The van der Waals surface area contributed by atoms with Gasteiger partial charge in [-0.1, -0.05) is 12.1 Å². The molecule has 1 aromatic rings. The normalized spacial score (nSPS) is 12.2. The molecule has 0 aliphatic carbocycles. The maximum absolute atomic E-state index is 11.5. The number of Topliss-reactive ketones (excluding diaryl/α,β-unsaturated/α-hetero) is 1. The second-order valence-electron chi connectivity index (χ2n) is 3.83. The van der Waals surface area contributed by atoms with Crippen LogP contribution in [0.15, 0.2) is 24.3 Å². The molecule has 100 valence electrons. The van der Waals surface area contributed by atoms with Gasteiger partial charge >= 0.3 is 0 Å². The first-order chi connectivity index (χ1) is 8.03. The zero-order valence-electron chi connectivity index (χ0n) is 10.1. The summed E-state index contributed by atoms with van der Waals surface area (Å²) in [6.07, 6.45) is 1.57. The summed E-state index contributed by atoms with van der Waals surface area (Å²) in [5, 5.41) is 0. The zero-order valence-corrected chi connectivity index (χ0v) is 11.7. The fourth-order valence-corrected chi connectivity index (χ4v) is 4.43. The van der Waals surface area contributed by atoms with Crippen LogP contribution in [0.25, 0.3) is 0 Å². The van der Waals surface area contributed by atoms with Crippen LogP contribution < -0.4 is 3.71 Å². The molecule has 1 rings (SSSR count). The van der Waals surface area contributed by atoms with Crippen LogP contribution in [0.3, 0.4) is 0 Å². The third-order valence-electron chi connectivity index (χ3n) is 2.07. The highest BCUT2D eigenvalue weighted by atomic mass is 32.3. The minimum atomic E-state index is -3.98. The molecule has 0 atom stereocenters.